The number of carbonyl (C=O) groups excluding carboxylic acids is 1. The lowest BCUT2D eigenvalue weighted by atomic mass is 10.1. The second-order valence-electron chi connectivity index (χ2n) is 6.90. The van der Waals surface area contributed by atoms with Gasteiger partial charge in [0.25, 0.3) is 0 Å². The molecule has 0 radical (unpaired) electrons. The van der Waals surface area contributed by atoms with Crippen molar-refractivity contribution < 1.29 is 14.3 Å². The first-order chi connectivity index (χ1) is 14.5. The van der Waals surface area contributed by atoms with E-state index in [2.05, 4.69) is 33.9 Å². The van der Waals surface area contributed by atoms with Crippen LogP contribution in [0.5, 0.6) is 11.5 Å². The van der Waals surface area contributed by atoms with Crippen LogP contribution in [0.3, 0.4) is 0 Å². The van der Waals surface area contributed by atoms with Gasteiger partial charge < -0.3 is 25.4 Å². The van der Waals surface area contributed by atoms with E-state index in [9.17, 15) is 4.79 Å². The zero-order chi connectivity index (χ0) is 21.9. The van der Waals surface area contributed by atoms with Crippen molar-refractivity contribution in [3.05, 3.63) is 53.1 Å². The number of hydrogen-bond acceptors (Lipinski definition) is 4. The lowest BCUT2D eigenvalue weighted by Gasteiger charge is -2.14. The van der Waals surface area contributed by atoms with Gasteiger partial charge in [0, 0.05) is 20.0 Å². The van der Waals surface area contributed by atoms with Gasteiger partial charge in [-0.1, -0.05) is 23.8 Å². The van der Waals surface area contributed by atoms with Crippen LogP contribution in [0.4, 0.5) is 5.69 Å². The number of guanidine groups is 1. The molecule has 0 aromatic heterocycles. The number of carbonyl (C=O) groups is 1. The lowest BCUT2D eigenvalue weighted by Crippen LogP contribution is -2.38. The van der Waals surface area contributed by atoms with Crippen LogP contribution in [0.15, 0.2) is 41.4 Å². The Morgan fingerprint density at radius 2 is 1.74 bits per heavy atom. The minimum Gasteiger partial charge on any atom is -0.496 e. The molecule has 2 aromatic carbocycles. The molecule has 8 heteroatoms. The summed E-state index contributed by atoms with van der Waals surface area (Å²) in [4.78, 5) is 16.1. The molecule has 0 aliphatic heterocycles. The van der Waals surface area contributed by atoms with Gasteiger partial charge in [-0.3, -0.25) is 4.79 Å². The van der Waals surface area contributed by atoms with E-state index in [-0.39, 0.29) is 29.9 Å². The quantitative estimate of drug-likeness (QED) is 0.256. The number of aliphatic imine (C=N–C) groups is 1. The normalized spacial score (nSPS) is 10.7. The summed E-state index contributed by atoms with van der Waals surface area (Å²) < 4.78 is 10.8. The minimum atomic E-state index is -0.143. The number of hydrogen-bond donors (Lipinski definition) is 3. The average Bonchev–Trinajstić information content (AvgIpc) is 2.72. The van der Waals surface area contributed by atoms with E-state index in [0.717, 1.165) is 42.3 Å². The first-order valence-corrected chi connectivity index (χ1v) is 10.1. The van der Waals surface area contributed by atoms with Crippen molar-refractivity contribution in [2.75, 3.05) is 32.6 Å². The van der Waals surface area contributed by atoms with Gasteiger partial charge in [0.05, 0.1) is 26.5 Å². The van der Waals surface area contributed by atoms with Crippen molar-refractivity contribution in [2.45, 2.75) is 33.7 Å². The van der Waals surface area contributed by atoms with Gasteiger partial charge in [-0.25, -0.2) is 4.99 Å². The van der Waals surface area contributed by atoms with Crippen molar-refractivity contribution in [2.24, 2.45) is 4.99 Å². The van der Waals surface area contributed by atoms with Crippen LogP contribution in [0.1, 0.15) is 30.5 Å². The van der Waals surface area contributed by atoms with Crippen molar-refractivity contribution >= 4 is 41.5 Å². The smallest absolute Gasteiger partial charge is 0.221 e. The molecule has 7 nitrogen and oxygen atoms in total. The Morgan fingerprint density at radius 3 is 2.39 bits per heavy atom. The number of halogens is 1. The van der Waals surface area contributed by atoms with E-state index >= 15 is 0 Å². The van der Waals surface area contributed by atoms with Gasteiger partial charge in [-0.2, -0.15) is 0 Å². The maximum Gasteiger partial charge on any atom is 0.221 e. The molecular formula is C23H33IN4O3. The second-order valence-corrected chi connectivity index (χ2v) is 6.90. The van der Waals surface area contributed by atoms with Gasteiger partial charge in [0.2, 0.25) is 5.91 Å². The summed E-state index contributed by atoms with van der Waals surface area (Å²) in [6.45, 7) is 7.54. The fourth-order valence-electron chi connectivity index (χ4n) is 3.07. The third-order valence-electron chi connectivity index (χ3n) is 4.46. The van der Waals surface area contributed by atoms with Crippen molar-refractivity contribution in [1.29, 1.82) is 0 Å². The molecule has 0 heterocycles. The Balaban J connectivity index is 0.00000480. The monoisotopic (exact) mass is 540 g/mol. The summed E-state index contributed by atoms with van der Waals surface area (Å²) in [5.74, 6) is 2.11. The van der Waals surface area contributed by atoms with Crippen molar-refractivity contribution in [3.8, 4) is 11.5 Å². The maximum atomic E-state index is 11.4. The summed E-state index contributed by atoms with van der Waals surface area (Å²) in [6.07, 6.45) is 0.824. The Hall–Kier alpha value is -2.49. The van der Waals surface area contributed by atoms with E-state index in [0.29, 0.717) is 18.0 Å². The van der Waals surface area contributed by atoms with Gasteiger partial charge in [-0.15, -0.1) is 24.0 Å². The highest BCUT2D eigenvalue weighted by Crippen LogP contribution is 2.25. The van der Waals surface area contributed by atoms with Crippen LogP contribution >= 0.6 is 24.0 Å². The number of anilines is 1. The molecular weight excluding hydrogens is 507 g/mol. The number of nitrogens with one attached hydrogen (secondary N) is 3. The molecule has 0 aliphatic carbocycles. The molecule has 0 saturated carbocycles. The Kier molecular flexibility index (Phi) is 11.8. The molecule has 3 N–H and O–H groups in total. The van der Waals surface area contributed by atoms with E-state index in [1.54, 1.807) is 14.2 Å². The topological polar surface area (TPSA) is 84.0 Å². The van der Waals surface area contributed by atoms with E-state index in [1.165, 1.54) is 12.5 Å². The SMILES string of the molecule is CCNC(=NCc1ccc(OC)c(NC(C)=O)c1)NCCc1cc(C)ccc1OC.I. The molecule has 0 aliphatic rings. The van der Waals surface area contributed by atoms with Gasteiger partial charge in [0.1, 0.15) is 11.5 Å². The molecule has 1 amide bonds. The van der Waals surface area contributed by atoms with Crippen LogP contribution in [-0.4, -0.2) is 39.2 Å². The van der Waals surface area contributed by atoms with E-state index < -0.39 is 0 Å². The largest absolute Gasteiger partial charge is 0.496 e. The number of nitrogens with zero attached hydrogens (tertiary/aromatic N) is 1. The zero-order valence-corrected chi connectivity index (χ0v) is 21.2. The summed E-state index contributed by atoms with van der Waals surface area (Å²) in [7, 11) is 3.27. The van der Waals surface area contributed by atoms with Gasteiger partial charge in [-0.05, 0) is 49.6 Å². The molecule has 0 fully saturated rings. The summed E-state index contributed by atoms with van der Waals surface area (Å²) >= 11 is 0. The first-order valence-electron chi connectivity index (χ1n) is 10.1. The van der Waals surface area contributed by atoms with Crippen LogP contribution in [0.25, 0.3) is 0 Å². The Labute approximate surface area is 202 Å². The number of amides is 1. The molecule has 0 saturated heterocycles. The fourth-order valence-corrected chi connectivity index (χ4v) is 3.07. The minimum absolute atomic E-state index is 0. The van der Waals surface area contributed by atoms with Gasteiger partial charge in [0.15, 0.2) is 5.96 Å². The van der Waals surface area contributed by atoms with Crippen LogP contribution in [-0.2, 0) is 17.8 Å². The van der Waals surface area contributed by atoms with E-state index in [4.69, 9.17) is 9.47 Å². The van der Waals surface area contributed by atoms with Crippen molar-refractivity contribution in [3.63, 3.8) is 0 Å². The summed E-state index contributed by atoms with van der Waals surface area (Å²) in [6, 6.07) is 11.8. The molecule has 170 valence electrons. The molecule has 31 heavy (non-hydrogen) atoms. The predicted octanol–water partition coefficient (Wildman–Crippen LogP) is 3.89. The molecule has 2 aromatic rings. The number of benzene rings is 2. The molecule has 0 spiro atoms. The standard InChI is InChI=1S/C23H32N4O3.HI/c1-6-24-23(25-12-11-19-13-16(2)7-9-21(19)29-4)26-15-18-8-10-22(30-5)20(14-18)27-17(3)28;/h7-10,13-14H,6,11-12,15H2,1-5H3,(H,27,28)(H2,24,25,26);1H. The molecule has 0 atom stereocenters. The fraction of sp³-hybridized carbons (Fsp3) is 0.391. The Bertz CT molecular complexity index is 887. The third-order valence-corrected chi connectivity index (χ3v) is 4.46. The molecule has 0 bridgehead atoms. The van der Waals surface area contributed by atoms with Crippen LogP contribution in [0.2, 0.25) is 0 Å². The summed E-state index contributed by atoms with van der Waals surface area (Å²) in [5.41, 5.74) is 3.98. The average molecular weight is 540 g/mol. The Morgan fingerprint density at radius 1 is 1.03 bits per heavy atom. The number of ether oxygens (including phenoxy) is 2. The lowest BCUT2D eigenvalue weighted by molar-refractivity contribution is -0.114. The molecule has 0 unspecified atom stereocenters. The van der Waals surface area contributed by atoms with Crippen molar-refractivity contribution in [1.82, 2.24) is 10.6 Å². The van der Waals surface area contributed by atoms with Crippen LogP contribution in [0, 0.1) is 6.92 Å². The van der Waals surface area contributed by atoms with Gasteiger partial charge >= 0.3 is 0 Å². The summed E-state index contributed by atoms with van der Waals surface area (Å²) in [5, 5.41) is 9.42. The molecule has 2 rings (SSSR count). The number of aryl methyl sites for hydroxylation is 1. The number of methoxy groups -OCH3 is 2. The highest BCUT2D eigenvalue weighted by atomic mass is 127. The highest BCUT2D eigenvalue weighted by molar-refractivity contribution is 14.0. The predicted molar refractivity (Wildman–Crippen MR) is 137 cm³/mol. The highest BCUT2D eigenvalue weighted by Gasteiger charge is 2.07. The third kappa shape index (κ3) is 8.64. The maximum absolute atomic E-state index is 11.4. The van der Waals surface area contributed by atoms with E-state index in [1.807, 2.05) is 37.3 Å². The second kappa shape index (κ2) is 13.7. The zero-order valence-electron chi connectivity index (χ0n) is 18.9. The van der Waals surface area contributed by atoms with Crippen LogP contribution < -0.4 is 25.4 Å². The number of rotatable bonds is 9. The first kappa shape index (κ1) is 26.5.